The molecule has 1 aromatic rings. The average molecular weight is 347 g/mol. The Kier molecular flexibility index (Phi) is 5.91. The summed E-state index contributed by atoms with van der Waals surface area (Å²) in [4.78, 5) is 18.2. The molecule has 0 saturated carbocycles. The lowest BCUT2D eigenvalue weighted by Crippen LogP contribution is -2.33. The molecule has 1 amide bonds. The van der Waals surface area contributed by atoms with Crippen molar-refractivity contribution in [2.45, 2.75) is 36.8 Å². The minimum absolute atomic E-state index is 0.0338. The molecule has 128 valence electrons. The molecule has 0 aromatic carbocycles. The molecule has 1 atom stereocenters. The van der Waals surface area contributed by atoms with Crippen molar-refractivity contribution in [2.75, 3.05) is 19.6 Å². The average Bonchev–Trinajstić information content (AvgIpc) is 2.93. The summed E-state index contributed by atoms with van der Waals surface area (Å²) in [6.45, 7) is 6.59. The summed E-state index contributed by atoms with van der Waals surface area (Å²) in [6.07, 6.45) is 2.23. The number of thioether (sulfide) groups is 1. The molecule has 1 N–H and O–H groups in total. The standard InChI is InChI=1S/C15H20F3N3OS/c1-10(2)21-7-5-11(9-21)8-20-13(22)12-4-3-6-19-14(12)23-15(16,17)18/h3-4,6,10-11H,5,7-9H2,1-2H3,(H,20,22). The number of aromatic nitrogens is 1. The maximum absolute atomic E-state index is 12.5. The number of nitrogens with one attached hydrogen (secondary N) is 1. The Labute approximate surface area is 137 Å². The second-order valence-electron chi connectivity index (χ2n) is 5.86. The lowest BCUT2D eigenvalue weighted by atomic mass is 10.1. The number of carbonyl (C=O) groups is 1. The van der Waals surface area contributed by atoms with E-state index in [1.807, 2.05) is 0 Å². The SMILES string of the molecule is CC(C)N1CCC(CNC(=O)c2cccnc2SC(F)(F)F)C1. The van der Waals surface area contributed by atoms with Gasteiger partial charge in [-0.15, -0.1) is 0 Å². The number of likely N-dealkylation sites (tertiary alicyclic amines) is 1. The van der Waals surface area contributed by atoms with Gasteiger partial charge in [0.05, 0.1) is 5.56 Å². The van der Waals surface area contributed by atoms with Crippen LogP contribution in [0.15, 0.2) is 23.4 Å². The van der Waals surface area contributed by atoms with Crippen molar-refractivity contribution in [1.82, 2.24) is 15.2 Å². The van der Waals surface area contributed by atoms with Crippen LogP contribution >= 0.6 is 11.8 Å². The largest absolute Gasteiger partial charge is 0.447 e. The molecular weight excluding hydrogens is 327 g/mol. The van der Waals surface area contributed by atoms with Crippen LogP contribution in [0.5, 0.6) is 0 Å². The zero-order chi connectivity index (χ0) is 17.0. The predicted octanol–water partition coefficient (Wildman–Crippen LogP) is 3.15. The van der Waals surface area contributed by atoms with E-state index in [1.54, 1.807) is 0 Å². The Bertz CT molecular complexity index is 551. The lowest BCUT2D eigenvalue weighted by Gasteiger charge is -2.20. The van der Waals surface area contributed by atoms with Gasteiger partial charge in [-0.25, -0.2) is 4.98 Å². The highest BCUT2D eigenvalue weighted by molar-refractivity contribution is 8.00. The molecule has 0 aliphatic carbocycles. The molecule has 1 saturated heterocycles. The third kappa shape index (κ3) is 5.39. The van der Waals surface area contributed by atoms with E-state index in [2.05, 4.69) is 29.0 Å². The summed E-state index contributed by atoms with van der Waals surface area (Å²) in [5, 5.41) is 2.43. The van der Waals surface area contributed by atoms with E-state index in [4.69, 9.17) is 0 Å². The minimum atomic E-state index is -4.47. The van der Waals surface area contributed by atoms with Crippen molar-refractivity contribution < 1.29 is 18.0 Å². The maximum Gasteiger partial charge on any atom is 0.447 e. The Morgan fingerprint density at radius 1 is 1.52 bits per heavy atom. The zero-order valence-electron chi connectivity index (χ0n) is 13.1. The van der Waals surface area contributed by atoms with Crippen LogP contribution in [0.4, 0.5) is 13.2 Å². The number of amides is 1. The Hall–Kier alpha value is -1.28. The minimum Gasteiger partial charge on any atom is -0.352 e. The lowest BCUT2D eigenvalue weighted by molar-refractivity contribution is -0.0329. The summed E-state index contributed by atoms with van der Waals surface area (Å²) in [5.74, 6) is -0.176. The van der Waals surface area contributed by atoms with Gasteiger partial charge in [0, 0.05) is 37.1 Å². The fourth-order valence-electron chi connectivity index (χ4n) is 2.59. The van der Waals surface area contributed by atoms with Crippen LogP contribution in [0.25, 0.3) is 0 Å². The summed E-state index contributed by atoms with van der Waals surface area (Å²) in [5.41, 5.74) is -4.50. The molecule has 23 heavy (non-hydrogen) atoms. The van der Waals surface area contributed by atoms with Crippen LogP contribution in [0.1, 0.15) is 30.6 Å². The van der Waals surface area contributed by atoms with Crippen LogP contribution in [0, 0.1) is 5.92 Å². The Morgan fingerprint density at radius 3 is 2.87 bits per heavy atom. The summed E-state index contributed by atoms with van der Waals surface area (Å²) in [7, 11) is 0. The monoisotopic (exact) mass is 347 g/mol. The molecular formula is C15H20F3N3OS. The second-order valence-corrected chi connectivity index (χ2v) is 6.91. The Morgan fingerprint density at radius 2 is 2.26 bits per heavy atom. The number of alkyl halides is 3. The summed E-state index contributed by atoms with van der Waals surface area (Å²) >= 11 is -0.362. The molecule has 0 radical (unpaired) electrons. The molecule has 0 bridgehead atoms. The van der Waals surface area contributed by atoms with Crippen molar-refractivity contribution in [3.63, 3.8) is 0 Å². The van der Waals surface area contributed by atoms with E-state index < -0.39 is 11.4 Å². The van der Waals surface area contributed by atoms with Crippen molar-refractivity contribution in [1.29, 1.82) is 0 Å². The van der Waals surface area contributed by atoms with Gasteiger partial charge in [0.1, 0.15) is 5.03 Å². The molecule has 1 fully saturated rings. The van der Waals surface area contributed by atoms with E-state index in [9.17, 15) is 18.0 Å². The van der Waals surface area contributed by atoms with E-state index in [1.165, 1.54) is 18.3 Å². The van der Waals surface area contributed by atoms with Gasteiger partial charge >= 0.3 is 5.51 Å². The van der Waals surface area contributed by atoms with E-state index in [-0.39, 0.29) is 22.4 Å². The number of pyridine rings is 1. The first kappa shape index (κ1) is 18.1. The fraction of sp³-hybridized carbons (Fsp3) is 0.600. The molecule has 1 unspecified atom stereocenters. The van der Waals surface area contributed by atoms with Gasteiger partial charge < -0.3 is 10.2 Å². The van der Waals surface area contributed by atoms with Gasteiger partial charge in [-0.3, -0.25) is 4.79 Å². The summed E-state index contributed by atoms with van der Waals surface area (Å²) in [6, 6.07) is 3.29. The van der Waals surface area contributed by atoms with Crippen molar-refractivity contribution in [3.8, 4) is 0 Å². The molecule has 4 nitrogen and oxygen atoms in total. The van der Waals surface area contributed by atoms with Crippen molar-refractivity contribution in [2.24, 2.45) is 5.92 Å². The van der Waals surface area contributed by atoms with Gasteiger partial charge in [0.15, 0.2) is 0 Å². The van der Waals surface area contributed by atoms with Crippen LogP contribution in [-0.2, 0) is 0 Å². The van der Waals surface area contributed by atoms with E-state index in [0.29, 0.717) is 18.5 Å². The number of hydrogen-bond acceptors (Lipinski definition) is 4. The van der Waals surface area contributed by atoms with Crippen LogP contribution in [0.3, 0.4) is 0 Å². The first-order valence-electron chi connectivity index (χ1n) is 7.49. The number of hydrogen-bond donors (Lipinski definition) is 1. The maximum atomic E-state index is 12.5. The topological polar surface area (TPSA) is 45.2 Å². The number of rotatable bonds is 5. The molecule has 1 aliphatic rings. The smallest absolute Gasteiger partial charge is 0.352 e. The Balaban J connectivity index is 1.94. The van der Waals surface area contributed by atoms with Crippen LogP contribution in [-0.4, -0.2) is 47.0 Å². The number of nitrogens with zero attached hydrogens (tertiary/aromatic N) is 2. The number of halogens is 3. The van der Waals surface area contributed by atoms with Gasteiger partial charge in [0.2, 0.25) is 0 Å². The van der Waals surface area contributed by atoms with E-state index >= 15 is 0 Å². The quantitative estimate of drug-likeness (QED) is 0.831. The summed E-state index contributed by atoms with van der Waals surface area (Å²) < 4.78 is 37.6. The molecule has 2 rings (SSSR count). The first-order chi connectivity index (χ1) is 10.8. The highest BCUT2D eigenvalue weighted by Gasteiger charge is 2.32. The molecule has 0 spiro atoms. The predicted molar refractivity (Wildman–Crippen MR) is 83.3 cm³/mol. The van der Waals surface area contributed by atoms with Crippen molar-refractivity contribution in [3.05, 3.63) is 23.9 Å². The molecule has 2 heterocycles. The number of carbonyl (C=O) groups excluding carboxylic acids is 1. The second kappa shape index (κ2) is 7.53. The van der Waals surface area contributed by atoms with Gasteiger partial charge in [-0.05, 0) is 44.9 Å². The van der Waals surface area contributed by atoms with Gasteiger partial charge in [0.25, 0.3) is 5.91 Å². The van der Waals surface area contributed by atoms with E-state index in [0.717, 1.165) is 19.5 Å². The van der Waals surface area contributed by atoms with Gasteiger partial charge in [-0.1, -0.05) is 0 Å². The first-order valence-corrected chi connectivity index (χ1v) is 8.31. The molecule has 1 aliphatic heterocycles. The fourth-order valence-corrected chi connectivity index (χ4v) is 3.19. The zero-order valence-corrected chi connectivity index (χ0v) is 13.9. The normalized spacial score (nSPS) is 19.3. The highest BCUT2D eigenvalue weighted by Crippen LogP contribution is 2.37. The third-order valence-electron chi connectivity index (χ3n) is 3.83. The molecule has 8 heteroatoms. The highest BCUT2D eigenvalue weighted by atomic mass is 32.2. The van der Waals surface area contributed by atoms with Crippen LogP contribution < -0.4 is 5.32 Å². The van der Waals surface area contributed by atoms with Crippen molar-refractivity contribution >= 4 is 17.7 Å². The van der Waals surface area contributed by atoms with Gasteiger partial charge in [-0.2, -0.15) is 13.2 Å². The molecule has 1 aromatic heterocycles. The van der Waals surface area contributed by atoms with Crippen LogP contribution in [0.2, 0.25) is 0 Å². The third-order valence-corrected chi connectivity index (χ3v) is 4.58.